The molecule has 1 N–H and O–H groups in total. The molecule has 1 aromatic carbocycles. The number of hydrogen-bond donors (Lipinski definition) is 1. The van der Waals surface area contributed by atoms with Gasteiger partial charge in [-0.15, -0.1) is 0 Å². The molecule has 0 fully saturated rings. The molecule has 2 aromatic rings. The summed E-state index contributed by atoms with van der Waals surface area (Å²) in [5, 5.41) is 10.1. The summed E-state index contributed by atoms with van der Waals surface area (Å²) in [5.41, 5.74) is 0.621. The zero-order valence-corrected chi connectivity index (χ0v) is 11.8. The highest BCUT2D eigenvalue weighted by molar-refractivity contribution is 5.18. The van der Waals surface area contributed by atoms with Gasteiger partial charge in [-0.25, -0.2) is 9.37 Å². The fourth-order valence-electron chi connectivity index (χ4n) is 2.09. The highest BCUT2D eigenvalue weighted by atomic mass is 19.1. The van der Waals surface area contributed by atoms with Crippen LogP contribution in [0.1, 0.15) is 23.9 Å². The van der Waals surface area contributed by atoms with E-state index in [1.54, 1.807) is 18.3 Å². The summed E-state index contributed by atoms with van der Waals surface area (Å²) < 4.78 is 15.1. The lowest BCUT2D eigenvalue weighted by Gasteiger charge is -2.18. The molecule has 1 atom stereocenters. The van der Waals surface area contributed by atoms with Crippen molar-refractivity contribution >= 4 is 0 Å². The predicted molar refractivity (Wildman–Crippen MR) is 75.5 cm³/mol. The summed E-state index contributed by atoms with van der Waals surface area (Å²) in [6.07, 6.45) is 3.59. The molecular formula is C15H20FN3O. The number of benzene rings is 1. The zero-order chi connectivity index (χ0) is 14.5. The Bertz CT molecular complexity index is 556. The Hall–Kier alpha value is -1.72. The third kappa shape index (κ3) is 3.88. The number of imidazole rings is 1. The molecule has 0 saturated heterocycles. The Morgan fingerprint density at radius 2 is 2.25 bits per heavy atom. The second-order valence-corrected chi connectivity index (χ2v) is 5.05. The highest BCUT2D eigenvalue weighted by Gasteiger charge is 2.11. The first-order chi connectivity index (χ1) is 9.56. The Kier molecular flexibility index (Phi) is 4.87. The van der Waals surface area contributed by atoms with Crippen molar-refractivity contribution in [3.8, 4) is 0 Å². The third-order valence-electron chi connectivity index (χ3n) is 3.35. The average molecular weight is 277 g/mol. The summed E-state index contributed by atoms with van der Waals surface area (Å²) in [7, 11) is 3.94. The van der Waals surface area contributed by atoms with Crippen LogP contribution < -0.4 is 0 Å². The Morgan fingerprint density at radius 3 is 2.90 bits per heavy atom. The van der Waals surface area contributed by atoms with Crippen LogP contribution in [0.5, 0.6) is 0 Å². The van der Waals surface area contributed by atoms with Crippen LogP contribution in [-0.2, 0) is 13.6 Å². The topological polar surface area (TPSA) is 41.3 Å². The summed E-state index contributed by atoms with van der Waals surface area (Å²) in [5.74, 6) is 0.663. The molecule has 1 aromatic heterocycles. The first-order valence-electron chi connectivity index (χ1n) is 6.64. The molecule has 0 aliphatic heterocycles. The number of halogens is 1. The fourth-order valence-corrected chi connectivity index (χ4v) is 2.09. The van der Waals surface area contributed by atoms with Gasteiger partial charge < -0.3 is 9.67 Å². The molecule has 0 bridgehead atoms. The molecule has 1 heterocycles. The van der Waals surface area contributed by atoms with E-state index >= 15 is 0 Å². The number of nitrogens with zero attached hydrogens (tertiary/aromatic N) is 3. The zero-order valence-electron chi connectivity index (χ0n) is 11.8. The maximum absolute atomic E-state index is 13.1. The van der Waals surface area contributed by atoms with E-state index in [2.05, 4.69) is 9.88 Å². The minimum atomic E-state index is -0.644. The van der Waals surface area contributed by atoms with Crippen LogP contribution in [0.3, 0.4) is 0 Å². The molecule has 0 radical (unpaired) electrons. The van der Waals surface area contributed by atoms with Crippen LogP contribution >= 0.6 is 0 Å². The maximum atomic E-state index is 13.1. The van der Waals surface area contributed by atoms with Gasteiger partial charge in [-0.1, -0.05) is 12.1 Å². The molecule has 0 amide bonds. The molecule has 0 saturated carbocycles. The van der Waals surface area contributed by atoms with Crippen molar-refractivity contribution in [3.63, 3.8) is 0 Å². The van der Waals surface area contributed by atoms with E-state index in [9.17, 15) is 9.50 Å². The van der Waals surface area contributed by atoms with Gasteiger partial charge in [0.1, 0.15) is 11.6 Å². The molecule has 5 heteroatoms. The van der Waals surface area contributed by atoms with Gasteiger partial charge in [-0.3, -0.25) is 4.90 Å². The van der Waals surface area contributed by atoms with Crippen LogP contribution in [0.25, 0.3) is 0 Å². The van der Waals surface area contributed by atoms with E-state index in [0.717, 1.165) is 12.4 Å². The lowest BCUT2D eigenvalue weighted by molar-refractivity contribution is 0.146. The van der Waals surface area contributed by atoms with Gasteiger partial charge in [-0.05, 0) is 31.2 Å². The van der Waals surface area contributed by atoms with Gasteiger partial charge in [0.15, 0.2) is 0 Å². The summed E-state index contributed by atoms with van der Waals surface area (Å²) in [6.45, 7) is 1.43. The Balaban J connectivity index is 1.84. The number of rotatable bonds is 6. The molecule has 2 rings (SSSR count). The van der Waals surface area contributed by atoms with Gasteiger partial charge in [0.2, 0.25) is 0 Å². The van der Waals surface area contributed by atoms with Crippen LogP contribution in [0.4, 0.5) is 4.39 Å². The number of aliphatic hydroxyl groups is 1. The summed E-state index contributed by atoms with van der Waals surface area (Å²) >= 11 is 0. The van der Waals surface area contributed by atoms with Crippen molar-refractivity contribution in [2.45, 2.75) is 19.1 Å². The van der Waals surface area contributed by atoms with E-state index in [1.807, 2.05) is 24.9 Å². The maximum Gasteiger partial charge on any atom is 0.123 e. The fraction of sp³-hybridized carbons (Fsp3) is 0.400. The monoisotopic (exact) mass is 277 g/mol. The largest absolute Gasteiger partial charge is 0.388 e. The van der Waals surface area contributed by atoms with E-state index in [1.165, 1.54) is 12.1 Å². The van der Waals surface area contributed by atoms with Gasteiger partial charge in [-0.2, -0.15) is 0 Å². The van der Waals surface area contributed by atoms with Crippen LogP contribution in [0.2, 0.25) is 0 Å². The van der Waals surface area contributed by atoms with Crippen LogP contribution in [0, 0.1) is 5.82 Å². The normalized spacial score (nSPS) is 12.8. The van der Waals surface area contributed by atoms with Crippen molar-refractivity contribution in [2.24, 2.45) is 7.05 Å². The molecule has 0 aliphatic carbocycles. The minimum Gasteiger partial charge on any atom is -0.388 e. The van der Waals surface area contributed by atoms with Crippen molar-refractivity contribution in [1.29, 1.82) is 0 Å². The van der Waals surface area contributed by atoms with Crippen molar-refractivity contribution in [2.75, 3.05) is 13.6 Å². The smallest absolute Gasteiger partial charge is 0.123 e. The Labute approximate surface area is 118 Å². The SMILES string of the molecule is CN(CCC(O)c1cccc(F)c1)Cc1nccn1C. The number of hydrogen-bond acceptors (Lipinski definition) is 3. The van der Waals surface area contributed by atoms with Crippen molar-refractivity contribution < 1.29 is 9.50 Å². The molecule has 0 spiro atoms. The highest BCUT2D eigenvalue weighted by Crippen LogP contribution is 2.17. The summed E-state index contributed by atoms with van der Waals surface area (Å²) in [4.78, 5) is 6.35. The molecule has 108 valence electrons. The van der Waals surface area contributed by atoms with Crippen molar-refractivity contribution in [1.82, 2.24) is 14.5 Å². The lowest BCUT2D eigenvalue weighted by Crippen LogP contribution is -2.22. The van der Waals surface area contributed by atoms with E-state index < -0.39 is 6.10 Å². The van der Waals surface area contributed by atoms with Crippen LogP contribution in [0.15, 0.2) is 36.7 Å². The second-order valence-electron chi connectivity index (χ2n) is 5.05. The van der Waals surface area contributed by atoms with Crippen molar-refractivity contribution in [3.05, 3.63) is 53.9 Å². The number of aromatic nitrogens is 2. The number of aliphatic hydroxyl groups excluding tert-OH is 1. The number of aryl methyl sites for hydroxylation is 1. The average Bonchev–Trinajstić information content (AvgIpc) is 2.81. The second kappa shape index (κ2) is 6.63. The van der Waals surface area contributed by atoms with Crippen LogP contribution in [-0.4, -0.2) is 33.1 Å². The van der Waals surface area contributed by atoms with E-state index in [0.29, 0.717) is 18.5 Å². The quantitative estimate of drug-likeness (QED) is 0.879. The predicted octanol–water partition coefficient (Wildman–Crippen LogP) is 2.11. The molecule has 0 aliphatic rings. The first-order valence-corrected chi connectivity index (χ1v) is 6.64. The van der Waals surface area contributed by atoms with E-state index in [-0.39, 0.29) is 5.82 Å². The van der Waals surface area contributed by atoms with Gasteiger partial charge in [0, 0.05) is 26.0 Å². The first kappa shape index (κ1) is 14.7. The van der Waals surface area contributed by atoms with E-state index in [4.69, 9.17) is 0 Å². The molecule has 1 unspecified atom stereocenters. The standard InChI is InChI=1S/C15H20FN3O/c1-18(11-15-17-7-9-19(15)2)8-6-14(20)12-4-3-5-13(16)10-12/h3-5,7,9-10,14,20H,6,8,11H2,1-2H3. The summed E-state index contributed by atoms with van der Waals surface area (Å²) in [6, 6.07) is 6.12. The van der Waals surface area contributed by atoms with Gasteiger partial charge >= 0.3 is 0 Å². The lowest BCUT2D eigenvalue weighted by atomic mass is 10.1. The minimum absolute atomic E-state index is 0.317. The van der Waals surface area contributed by atoms with Gasteiger partial charge in [0.25, 0.3) is 0 Å². The molecule has 4 nitrogen and oxygen atoms in total. The molecule has 20 heavy (non-hydrogen) atoms. The Morgan fingerprint density at radius 1 is 1.45 bits per heavy atom. The third-order valence-corrected chi connectivity index (χ3v) is 3.35. The molecular weight excluding hydrogens is 257 g/mol. The van der Waals surface area contributed by atoms with Gasteiger partial charge in [0.05, 0.1) is 12.6 Å².